The first-order chi connectivity index (χ1) is 13.7. The van der Waals surface area contributed by atoms with Crippen LogP contribution in [-0.2, 0) is 21.3 Å². The highest BCUT2D eigenvalue weighted by molar-refractivity contribution is 5.90. The van der Waals surface area contributed by atoms with E-state index in [2.05, 4.69) is 20.9 Å². The molecule has 2 unspecified atom stereocenters. The summed E-state index contributed by atoms with van der Waals surface area (Å²) in [6.07, 6.45) is -2.19. The number of halogens is 4. The van der Waals surface area contributed by atoms with Crippen LogP contribution < -0.4 is 16.0 Å². The van der Waals surface area contributed by atoms with Crippen LogP contribution >= 0.6 is 0 Å². The molecule has 158 valence electrons. The highest BCUT2D eigenvalue weighted by atomic mass is 19.4. The molecule has 2 heterocycles. The number of amides is 2. The van der Waals surface area contributed by atoms with Crippen LogP contribution in [0.2, 0.25) is 0 Å². The summed E-state index contributed by atoms with van der Waals surface area (Å²) < 4.78 is 52.3. The van der Waals surface area contributed by atoms with Crippen molar-refractivity contribution in [1.29, 1.82) is 0 Å². The lowest BCUT2D eigenvalue weighted by Crippen LogP contribution is -2.66. The minimum absolute atomic E-state index is 0.0341. The summed E-state index contributed by atoms with van der Waals surface area (Å²) in [6, 6.07) is 1.98. The number of alkyl halides is 3. The van der Waals surface area contributed by atoms with Gasteiger partial charge in [0.2, 0.25) is 11.8 Å². The summed E-state index contributed by atoms with van der Waals surface area (Å²) in [5.41, 5.74) is -1.92. The molecule has 29 heavy (non-hydrogen) atoms. The van der Waals surface area contributed by atoms with Crippen LogP contribution in [0, 0.1) is 5.82 Å². The lowest BCUT2D eigenvalue weighted by atomic mass is 10.0. The molecule has 6 nitrogen and oxygen atoms in total. The molecular weight excluding hydrogens is 392 g/mol. The molecule has 0 bridgehead atoms. The van der Waals surface area contributed by atoms with Crippen molar-refractivity contribution in [1.82, 2.24) is 20.9 Å². The molecule has 0 spiro atoms. The van der Waals surface area contributed by atoms with Gasteiger partial charge < -0.3 is 10.6 Å². The molecule has 0 radical (unpaired) electrons. The van der Waals surface area contributed by atoms with Crippen molar-refractivity contribution in [2.45, 2.75) is 56.2 Å². The fourth-order valence-corrected chi connectivity index (χ4v) is 4.03. The molecule has 2 aliphatic heterocycles. The van der Waals surface area contributed by atoms with Gasteiger partial charge in [-0.15, -0.1) is 0 Å². The Kier molecular flexibility index (Phi) is 5.02. The van der Waals surface area contributed by atoms with Crippen LogP contribution in [0.3, 0.4) is 0 Å². The largest absolute Gasteiger partial charge is 0.419 e. The summed E-state index contributed by atoms with van der Waals surface area (Å²) in [5, 5.41) is 8.77. The summed E-state index contributed by atoms with van der Waals surface area (Å²) in [6.45, 7) is 1.64. The SMILES string of the molecule is O=C1CC(C(=O)NC2(c3ccc(C(F)(F)F)c(F)c3)CC2)NC(N2CCCC2)N1. The summed E-state index contributed by atoms with van der Waals surface area (Å²) in [7, 11) is 0. The van der Waals surface area contributed by atoms with E-state index in [1.807, 2.05) is 0 Å². The number of nitrogens with one attached hydrogen (secondary N) is 3. The van der Waals surface area contributed by atoms with Gasteiger partial charge in [0, 0.05) is 13.1 Å². The van der Waals surface area contributed by atoms with Gasteiger partial charge in [-0.2, -0.15) is 13.2 Å². The number of nitrogens with zero attached hydrogens (tertiary/aromatic N) is 1. The summed E-state index contributed by atoms with van der Waals surface area (Å²) in [5.74, 6) is -2.02. The van der Waals surface area contributed by atoms with Gasteiger partial charge in [-0.3, -0.25) is 19.8 Å². The fourth-order valence-electron chi connectivity index (χ4n) is 4.03. The Morgan fingerprint density at radius 3 is 2.48 bits per heavy atom. The van der Waals surface area contributed by atoms with Crippen molar-refractivity contribution in [3.8, 4) is 0 Å². The van der Waals surface area contributed by atoms with Crippen molar-refractivity contribution in [3.05, 3.63) is 35.1 Å². The van der Waals surface area contributed by atoms with Gasteiger partial charge >= 0.3 is 6.18 Å². The minimum Gasteiger partial charge on any atom is -0.345 e. The molecule has 1 aromatic rings. The van der Waals surface area contributed by atoms with Crippen LogP contribution in [0.5, 0.6) is 0 Å². The molecule has 3 N–H and O–H groups in total. The third kappa shape index (κ3) is 4.09. The molecule has 1 aliphatic carbocycles. The van der Waals surface area contributed by atoms with Gasteiger partial charge in [0.25, 0.3) is 0 Å². The second kappa shape index (κ2) is 7.24. The quantitative estimate of drug-likeness (QED) is 0.657. The Morgan fingerprint density at radius 1 is 1.21 bits per heavy atom. The highest BCUT2D eigenvalue weighted by Gasteiger charge is 2.48. The van der Waals surface area contributed by atoms with Gasteiger partial charge in [0.05, 0.1) is 23.6 Å². The molecule has 1 saturated carbocycles. The molecule has 10 heteroatoms. The Bertz CT molecular complexity index is 819. The smallest absolute Gasteiger partial charge is 0.345 e. The van der Waals surface area contributed by atoms with Crippen molar-refractivity contribution < 1.29 is 27.2 Å². The third-order valence-electron chi connectivity index (χ3n) is 5.81. The zero-order valence-corrected chi connectivity index (χ0v) is 15.6. The van der Waals surface area contributed by atoms with Gasteiger partial charge in [-0.25, -0.2) is 4.39 Å². The Labute approximate surface area is 165 Å². The Hall–Kier alpha value is -2.20. The third-order valence-corrected chi connectivity index (χ3v) is 5.81. The number of carbonyl (C=O) groups excluding carboxylic acids is 2. The first-order valence-electron chi connectivity index (χ1n) is 9.67. The number of likely N-dealkylation sites (tertiary alicyclic amines) is 1. The normalized spacial score (nSPS) is 26.8. The molecular formula is C19H22F4N4O2. The van der Waals surface area contributed by atoms with Crippen molar-refractivity contribution >= 4 is 11.8 Å². The zero-order valence-electron chi connectivity index (χ0n) is 15.6. The number of carbonyl (C=O) groups is 2. The second-order valence-electron chi connectivity index (χ2n) is 7.90. The van der Waals surface area contributed by atoms with Gasteiger partial charge in [-0.1, -0.05) is 6.07 Å². The monoisotopic (exact) mass is 414 g/mol. The maximum Gasteiger partial charge on any atom is 0.419 e. The molecule has 0 aromatic heterocycles. The van der Waals surface area contributed by atoms with Crippen LogP contribution in [-0.4, -0.2) is 42.1 Å². The molecule has 2 atom stereocenters. The summed E-state index contributed by atoms with van der Waals surface area (Å²) in [4.78, 5) is 26.9. The van der Waals surface area contributed by atoms with Gasteiger partial charge in [0.15, 0.2) is 0 Å². The average Bonchev–Trinajstić information content (AvgIpc) is 3.21. The predicted octanol–water partition coefficient (Wildman–Crippen LogP) is 1.81. The van der Waals surface area contributed by atoms with E-state index < -0.39 is 41.3 Å². The van der Waals surface area contributed by atoms with E-state index in [4.69, 9.17) is 0 Å². The first kappa shape index (κ1) is 20.1. The second-order valence-corrected chi connectivity index (χ2v) is 7.90. The average molecular weight is 414 g/mol. The first-order valence-corrected chi connectivity index (χ1v) is 9.67. The summed E-state index contributed by atoms with van der Waals surface area (Å²) >= 11 is 0. The molecule has 2 amide bonds. The number of benzene rings is 1. The van der Waals surface area contributed by atoms with Crippen molar-refractivity contribution in [2.24, 2.45) is 0 Å². The number of rotatable bonds is 4. The van der Waals surface area contributed by atoms with E-state index in [1.165, 1.54) is 6.07 Å². The van der Waals surface area contributed by atoms with Crippen LogP contribution in [0.25, 0.3) is 0 Å². The zero-order chi connectivity index (χ0) is 20.8. The maximum absolute atomic E-state index is 14.0. The van der Waals surface area contributed by atoms with E-state index in [9.17, 15) is 27.2 Å². The lowest BCUT2D eigenvalue weighted by molar-refractivity contribution is -0.140. The van der Waals surface area contributed by atoms with Crippen molar-refractivity contribution in [3.63, 3.8) is 0 Å². The van der Waals surface area contributed by atoms with E-state index in [0.717, 1.165) is 32.0 Å². The number of hydrogen-bond donors (Lipinski definition) is 3. The maximum atomic E-state index is 14.0. The fraction of sp³-hybridized carbons (Fsp3) is 0.579. The van der Waals surface area contributed by atoms with Crippen LogP contribution in [0.15, 0.2) is 18.2 Å². The van der Waals surface area contributed by atoms with Crippen LogP contribution in [0.4, 0.5) is 17.6 Å². The molecule has 1 aromatic carbocycles. The standard InChI is InChI=1S/C19H22F4N4O2/c20-13-9-11(3-4-12(13)19(21,22)23)18(5-6-18)26-16(29)14-10-15(28)25-17(24-14)27-7-1-2-8-27/h3-4,9,14,17,24H,1-2,5-8,10H2,(H,25,28)(H,26,29). The highest BCUT2D eigenvalue weighted by Crippen LogP contribution is 2.46. The van der Waals surface area contributed by atoms with E-state index >= 15 is 0 Å². The topological polar surface area (TPSA) is 73.5 Å². The molecule has 4 rings (SSSR count). The van der Waals surface area contributed by atoms with Crippen molar-refractivity contribution in [2.75, 3.05) is 13.1 Å². The van der Waals surface area contributed by atoms with E-state index in [1.54, 1.807) is 0 Å². The van der Waals surface area contributed by atoms with Gasteiger partial charge in [0.1, 0.15) is 12.1 Å². The Balaban J connectivity index is 1.46. The predicted molar refractivity (Wildman–Crippen MR) is 94.7 cm³/mol. The van der Waals surface area contributed by atoms with E-state index in [0.29, 0.717) is 24.5 Å². The minimum atomic E-state index is -4.77. The van der Waals surface area contributed by atoms with Crippen LogP contribution in [0.1, 0.15) is 43.2 Å². The number of hydrogen-bond acceptors (Lipinski definition) is 4. The molecule has 3 fully saturated rings. The van der Waals surface area contributed by atoms with E-state index in [-0.39, 0.29) is 12.3 Å². The van der Waals surface area contributed by atoms with Gasteiger partial charge in [-0.05, 0) is 43.4 Å². The molecule has 2 saturated heterocycles. The lowest BCUT2D eigenvalue weighted by Gasteiger charge is -2.36. The molecule has 3 aliphatic rings. The Morgan fingerprint density at radius 2 is 1.90 bits per heavy atom.